The van der Waals surface area contributed by atoms with Crippen molar-refractivity contribution in [1.82, 2.24) is 14.8 Å². The summed E-state index contributed by atoms with van der Waals surface area (Å²) in [7, 11) is 1.62. The Labute approximate surface area is 183 Å². The van der Waals surface area contributed by atoms with Crippen LogP contribution in [0.1, 0.15) is 36.1 Å². The Morgan fingerprint density at radius 1 is 1.23 bits per heavy atom. The highest BCUT2D eigenvalue weighted by molar-refractivity contribution is 7.20. The quantitative estimate of drug-likeness (QED) is 0.494. The summed E-state index contributed by atoms with van der Waals surface area (Å²) in [6.07, 6.45) is 0.312. The molecular formula is C23H22N4O3S. The first-order chi connectivity index (χ1) is 15.1. The SMILES string of the molecule is CCOc1c(OC)cccc1[C@H]1CC(=O)Nc2c1c(C)nn2-c1nc2ccccc2s1. The van der Waals surface area contributed by atoms with Crippen LogP contribution in [0.4, 0.5) is 5.82 Å². The zero-order valence-electron chi connectivity index (χ0n) is 17.5. The summed E-state index contributed by atoms with van der Waals surface area (Å²) in [5.74, 6) is 1.74. The Kier molecular flexibility index (Phi) is 4.86. The molecule has 0 saturated heterocycles. The third-order valence-corrected chi connectivity index (χ3v) is 6.47. The third kappa shape index (κ3) is 3.23. The molecule has 0 unspecified atom stereocenters. The van der Waals surface area contributed by atoms with E-state index in [0.29, 0.717) is 30.3 Å². The molecule has 1 aliphatic rings. The van der Waals surface area contributed by atoms with E-state index in [4.69, 9.17) is 19.6 Å². The van der Waals surface area contributed by atoms with Gasteiger partial charge in [0, 0.05) is 23.5 Å². The fourth-order valence-corrected chi connectivity index (χ4v) is 5.09. The molecule has 0 bridgehead atoms. The lowest BCUT2D eigenvalue weighted by atomic mass is 9.85. The van der Waals surface area contributed by atoms with E-state index in [1.54, 1.807) is 23.1 Å². The van der Waals surface area contributed by atoms with Gasteiger partial charge in [-0.3, -0.25) is 4.79 Å². The summed E-state index contributed by atoms with van der Waals surface area (Å²) in [5.41, 5.74) is 3.66. The number of methoxy groups -OCH3 is 1. The van der Waals surface area contributed by atoms with Gasteiger partial charge in [-0.05, 0) is 32.0 Å². The van der Waals surface area contributed by atoms with Crippen molar-refractivity contribution in [2.24, 2.45) is 0 Å². The van der Waals surface area contributed by atoms with Crippen LogP contribution in [-0.2, 0) is 4.79 Å². The minimum atomic E-state index is -0.191. The van der Waals surface area contributed by atoms with Crippen molar-refractivity contribution < 1.29 is 14.3 Å². The van der Waals surface area contributed by atoms with E-state index >= 15 is 0 Å². The fourth-order valence-electron chi connectivity index (χ4n) is 4.17. The Morgan fingerprint density at radius 2 is 2.06 bits per heavy atom. The van der Waals surface area contributed by atoms with Gasteiger partial charge in [0.05, 0.1) is 29.6 Å². The van der Waals surface area contributed by atoms with E-state index < -0.39 is 0 Å². The van der Waals surface area contributed by atoms with Crippen LogP contribution < -0.4 is 14.8 Å². The molecular weight excluding hydrogens is 412 g/mol. The molecule has 0 fully saturated rings. The minimum Gasteiger partial charge on any atom is -0.493 e. The molecule has 7 nitrogen and oxygen atoms in total. The Bertz CT molecular complexity index is 1260. The molecule has 1 atom stereocenters. The monoisotopic (exact) mass is 434 g/mol. The van der Waals surface area contributed by atoms with Crippen LogP contribution in [-0.4, -0.2) is 34.4 Å². The third-order valence-electron chi connectivity index (χ3n) is 5.46. The maximum absolute atomic E-state index is 12.8. The number of hydrogen-bond donors (Lipinski definition) is 1. The van der Waals surface area contributed by atoms with E-state index in [1.165, 1.54) is 0 Å². The summed E-state index contributed by atoms with van der Waals surface area (Å²) in [6.45, 7) is 4.41. The number of thiazole rings is 1. The van der Waals surface area contributed by atoms with Crippen molar-refractivity contribution in [2.75, 3.05) is 19.0 Å². The molecule has 2 aromatic carbocycles. The highest BCUT2D eigenvalue weighted by Gasteiger charge is 2.35. The summed E-state index contributed by atoms with van der Waals surface area (Å²) in [5, 5.41) is 8.52. The van der Waals surface area contributed by atoms with Crippen molar-refractivity contribution in [1.29, 1.82) is 0 Å². The molecule has 1 amide bonds. The first-order valence-corrected chi connectivity index (χ1v) is 11.0. The number of fused-ring (bicyclic) bond motifs is 2. The number of nitrogens with zero attached hydrogens (tertiary/aromatic N) is 3. The lowest BCUT2D eigenvalue weighted by Gasteiger charge is -2.26. The van der Waals surface area contributed by atoms with Crippen molar-refractivity contribution >= 4 is 33.3 Å². The van der Waals surface area contributed by atoms with Crippen LogP contribution in [0, 0.1) is 6.92 Å². The van der Waals surface area contributed by atoms with Crippen LogP contribution in [0.15, 0.2) is 42.5 Å². The van der Waals surface area contributed by atoms with Gasteiger partial charge in [-0.1, -0.05) is 35.6 Å². The number of para-hydroxylation sites is 2. The van der Waals surface area contributed by atoms with Gasteiger partial charge in [-0.25, -0.2) is 4.98 Å². The number of benzene rings is 2. The molecule has 158 valence electrons. The van der Waals surface area contributed by atoms with Crippen molar-refractivity contribution in [3.63, 3.8) is 0 Å². The number of aromatic nitrogens is 3. The highest BCUT2D eigenvalue weighted by atomic mass is 32.1. The maximum Gasteiger partial charge on any atom is 0.226 e. The van der Waals surface area contributed by atoms with Gasteiger partial charge < -0.3 is 14.8 Å². The summed E-state index contributed by atoms with van der Waals surface area (Å²) in [6, 6.07) is 13.8. The average Bonchev–Trinajstić information content (AvgIpc) is 3.34. The van der Waals surface area contributed by atoms with E-state index in [-0.39, 0.29) is 11.8 Å². The number of carbonyl (C=O) groups is 1. The van der Waals surface area contributed by atoms with Gasteiger partial charge in [-0.2, -0.15) is 9.78 Å². The summed E-state index contributed by atoms with van der Waals surface area (Å²) in [4.78, 5) is 17.5. The first-order valence-electron chi connectivity index (χ1n) is 10.2. The van der Waals surface area contributed by atoms with E-state index in [9.17, 15) is 4.79 Å². The standard InChI is InChI=1S/C23H22N4O3S/c1-4-30-21-14(8-7-10-17(21)29-3)15-12-19(28)25-22-20(15)13(2)26-27(22)23-24-16-9-5-6-11-18(16)31-23/h5-11,15H,4,12H2,1-3H3,(H,25,28)/t15-/m1/s1. The second-order valence-electron chi connectivity index (χ2n) is 7.34. The smallest absolute Gasteiger partial charge is 0.226 e. The predicted octanol–water partition coefficient (Wildman–Crippen LogP) is 4.67. The largest absolute Gasteiger partial charge is 0.493 e. The number of amides is 1. The molecule has 5 rings (SSSR count). The van der Waals surface area contributed by atoms with Crippen molar-refractivity contribution in [3.8, 4) is 16.6 Å². The molecule has 2 aromatic heterocycles. The molecule has 1 N–H and O–H groups in total. The molecule has 8 heteroatoms. The van der Waals surface area contributed by atoms with Crippen molar-refractivity contribution in [2.45, 2.75) is 26.2 Å². The normalized spacial score (nSPS) is 15.6. The highest BCUT2D eigenvalue weighted by Crippen LogP contribution is 2.46. The number of carbonyl (C=O) groups excluding carboxylic acids is 1. The number of anilines is 1. The molecule has 1 aliphatic heterocycles. The van der Waals surface area contributed by atoms with E-state index in [1.807, 2.05) is 56.3 Å². The van der Waals surface area contributed by atoms with Crippen LogP contribution in [0.5, 0.6) is 11.5 Å². The van der Waals surface area contributed by atoms with Crippen LogP contribution in [0.2, 0.25) is 0 Å². The average molecular weight is 435 g/mol. The van der Waals surface area contributed by atoms with Gasteiger partial charge in [0.1, 0.15) is 5.82 Å². The summed E-state index contributed by atoms with van der Waals surface area (Å²) < 4.78 is 14.3. The first kappa shape index (κ1) is 19.6. The lowest BCUT2D eigenvalue weighted by molar-refractivity contribution is -0.116. The molecule has 0 aliphatic carbocycles. The van der Waals surface area contributed by atoms with E-state index in [0.717, 1.165) is 32.2 Å². The molecule has 0 radical (unpaired) electrons. The zero-order chi connectivity index (χ0) is 21.5. The van der Waals surface area contributed by atoms with Crippen LogP contribution in [0.3, 0.4) is 0 Å². The van der Waals surface area contributed by atoms with E-state index in [2.05, 4.69) is 5.32 Å². The predicted molar refractivity (Wildman–Crippen MR) is 121 cm³/mol. The van der Waals surface area contributed by atoms with Gasteiger partial charge in [0.2, 0.25) is 11.0 Å². The maximum atomic E-state index is 12.8. The lowest BCUT2D eigenvalue weighted by Crippen LogP contribution is -2.25. The number of rotatable bonds is 5. The van der Waals surface area contributed by atoms with Gasteiger partial charge >= 0.3 is 0 Å². The van der Waals surface area contributed by atoms with Crippen LogP contribution >= 0.6 is 11.3 Å². The molecule has 31 heavy (non-hydrogen) atoms. The number of ether oxygens (including phenoxy) is 2. The number of nitrogens with one attached hydrogen (secondary N) is 1. The van der Waals surface area contributed by atoms with Crippen molar-refractivity contribution in [3.05, 3.63) is 59.3 Å². The molecule has 3 heterocycles. The minimum absolute atomic E-state index is 0.0648. The topological polar surface area (TPSA) is 78.3 Å². The Balaban J connectivity index is 1.68. The van der Waals surface area contributed by atoms with Gasteiger partial charge in [-0.15, -0.1) is 0 Å². The Morgan fingerprint density at radius 3 is 2.84 bits per heavy atom. The van der Waals surface area contributed by atoms with Gasteiger partial charge in [0.25, 0.3) is 0 Å². The molecule has 0 spiro atoms. The zero-order valence-corrected chi connectivity index (χ0v) is 18.3. The van der Waals surface area contributed by atoms with Crippen LogP contribution in [0.25, 0.3) is 15.3 Å². The second kappa shape index (κ2) is 7.70. The van der Waals surface area contributed by atoms with Gasteiger partial charge in [0.15, 0.2) is 11.5 Å². The Hall–Kier alpha value is -3.39. The number of hydrogen-bond acceptors (Lipinski definition) is 6. The second-order valence-corrected chi connectivity index (χ2v) is 8.35. The number of aryl methyl sites for hydroxylation is 1. The molecule has 0 saturated carbocycles. The fraction of sp³-hybridized carbons (Fsp3) is 0.261. The summed E-state index contributed by atoms with van der Waals surface area (Å²) >= 11 is 1.55. The molecule has 4 aromatic rings.